The summed E-state index contributed by atoms with van der Waals surface area (Å²) >= 11 is 0. The van der Waals surface area contributed by atoms with E-state index in [1.165, 1.54) is 12.3 Å². The van der Waals surface area contributed by atoms with E-state index in [4.69, 9.17) is 0 Å². The lowest BCUT2D eigenvalue weighted by Crippen LogP contribution is -2.18. The number of hydrogen-bond donors (Lipinski definition) is 2. The molecule has 0 radical (unpaired) electrons. The Hall–Kier alpha value is -3.02. The van der Waals surface area contributed by atoms with Crippen LogP contribution in [0.1, 0.15) is 35.7 Å². The maximum atomic E-state index is 13.4. The van der Waals surface area contributed by atoms with Gasteiger partial charge in [-0.15, -0.1) is 0 Å². The average molecular weight is 327 g/mol. The van der Waals surface area contributed by atoms with Crippen molar-refractivity contribution in [3.8, 4) is 0 Å². The maximum Gasteiger partial charge on any atom is 0.271 e. The van der Waals surface area contributed by atoms with Crippen molar-refractivity contribution in [1.82, 2.24) is 5.43 Å². The van der Waals surface area contributed by atoms with E-state index >= 15 is 0 Å². The third-order valence-corrected chi connectivity index (χ3v) is 3.18. The summed E-state index contributed by atoms with van der Waals surface area (Å²) in [4.78, 5) is 23.4. The van der Waals surface area contributed by atoms with Gasteiger partial charge < -0.3 is 5.32 Å². The van der Waals surface area contributed by atoms with E-state index in [-0.39, 0.29) is 11.5 Å². The number of amides is 2. The van der Waals surface area contributed by atoms with Gasteiger partial charge in [-0.05, 0) is 36.8 Å². The van der Waals surface area contributed by atoms with E-state index in [1.54, 1.807) is 42.5 Å². The molecule has 0 bridgehead atoms. The molecule has 124 valence electrons. The zero-order valence-corrected chi connectivity index (χ0v) is 13.3. The molecule has 2 N–H and O–H groups in total. The first-order chi connectivity index (χ1) is 11.6. The first-order valence-electron chi connectivity index (χ1n) is 7.58. The first kappa shape index (κ1) is 17.3. The second-order valence-electron chi connectivity index (χ2n) is 5.10. The number of nitrogens with zero attached hydrogens (tertiary/aromatic N) is 1. The number of benzene rings is 2. The number of rotatable bonds is 6. The number of nitrogens with one attached hydrogen (secondary N) is 2. The fraction of sp³-hybridized carbons (Fsp3) is 0.167. The van der Waals surface area contributed by atoms with Crippen LogP contribution in [0.25, 0.3) is 0 Å². The lowest BCUT2D eigenvalue weighted by Gasteiger charge is -2.05. The van der Waals surface area contributed by atoms with Gasteiger partial charge in [-0.2, -0.15) is 5.10 Å². The summed E-state index contributed by atoms with van der Waals surface area (Å²) in [6.45, 7) is 1.93. The Morgan fingerprint density at radius 2 is 1.83 bits per heavy atom. The third kappa shape index (κ3) is 5.01. The van der Waals surface area contributed by atoms with Crippen LogP contribution in [-0.2, 0) is 4.79 Å². The van der Waals surface area contributed by atoms with Gasteiger partial charge in [0, 0.05) is 23.2 Å². The zero-order valence-electron chi connectivity index (χ0n) is 13.3. The predicted octanol–water partition coefficient (Wildman–Crippen LogP) is 3.33. The lowest BCUT2D eigenvalue weighted by atomic mass is 10.2. The Labute approximate surface area is 139 Å². The lowest BCUT2D eigenvalue weighted by molar-refractivity contribution is -0.116. The molecule has 5 nitrogen and oxygen atoms in total. The maximum absolute atomic E-state index is 13.4. The van der Waals surface area contributed by atoms with Crippen LogP contribution in [0.5, 0.6) is 0 Å². The van der Waals surface area contributed by atoms with Crippen LogP contribution < -0.4 is 10.7 Å². The quantitative estimate of drug-likeness (QED) is 0.631. The molecule has 0 aromatic heterocycles. The molecule has 0 aliphatic heterocycles. The fourth-order valence-electron chi connectivity index (χ4n) is 1.96. The monoisotopic (exact) mass is 327 g/mol. The van der Waals surface area contributed by atoms with Crippen LogP contribution in [0, 0.1) is 5.82 Å². The summed E-state index contributed by atoms with van der Waals surface area (Å²) in [5, 5.41) is 6.48. The SMILES string of the molecule is CCCC(=O)Nc1ccc(C(=O)N/N=C/c2ccccc2F)cc1. The zero-order chi connectivity index (χ0) is 17.4. The molecule has 2 amide bonds. The van der Waals surface area contributed by atoms with Crippen molar-refractivity contribution in [3.05, 3.63) is 65.5 Å². The molecule has 0 unspecified atom stereocenters. The Morgan fingerprint density at radius 3 is 2.50 bits per heavy atom. The molecule has 6 heteroatoms. The number of anilines is 1. The highest BCUT2D eigenvalue weighted by Gasteiger charge is 2.05. The number of hydrazone groups is 1. The van der Waals surface area contributed by atoms with Crippen molar-refractivity contribution >= 4 is 23.7 Å². The van der Waals surface area contributed by atoms with Crippen molar-refractivity contribution in [2.45, 2.75) is 19.8 Å². The minimum absolute atomic E-state index is 0.0656. The van der Waals surface area contributed by atoms with Crippen molar-refractivity contribution in [2.75, 3.05) is 5.32 Å². The predicted molar refractivity (Wildman–Crippen MR) is 91.4 cm³/mol. The average Bonchev–Trinajstić information content (AvgIpc) is 2.57. The Morgan fingerprint density at radius 1 is 1.12 bits per heavy atom. The van der Waals surface area contributed by atoms with Gasteiger partial charge in [-0.3, -0.25) is 9.59 Å². The van der Waals surface area contributed by atoms with E-state index in [0.717, 1.165) is 6.42 Å². The van der Waals surface area contributed by atoms with Crippen molar-refractivity contribution < 1.29 is 14.0 Å². The molecule has 24 heavy (non-hydrogen) atoms. The summed E-state index contributed by atoms with van der Waals surface area (Å²) in [6.07, 6.45) is 2.46. The highest BCUT2D eigenvalue weighted by molar-refractivity contribution is 5.96. The van der Waals surface area contributed by atoms with Crippen LogP contribution in [0.2, 0.25) is 0 Å². The number of carbonyl (C=O) groups excluding carboxylic acids is 2. The highest BCUT2D eigenvalue weighted by atomic mass is 19.1. The molecule has 0 fully saturated rings. The summed E-state index contributed by atoms with van der Waals surface area (Å²) in [6, 6.07) is 12.6. The van der Waals surface area contributed by atoms with Gasteiger partial charge in [-0.25, -0.2) is 9.82 Å². The van der Waals surface area contributed by atoms with E-state index in [1.807, 2.05) is 6.92 Å². The molecule has 0 heterocycles. The minimum Gasteiger partial charge on any atom is -0.326 e. The van der Waals surface area contributed by atoms with Crippen molar-refractivity contribution in [2.24, 2.45) is 5.10 Å². The second kappa shape index (κ2) is 8.57. The Balaban J connectivity index is 1.93. The van der Waals surface area contributed by atoms with E-state index in [0.29, 0.717) is 17.7 Å². The molecule has 0 aliphatic rings. The van der Waals surface area contributed by atoms with Crippen LogP contribution >= 0.6 is 0 Å². The number of carbonyl (C=O) groups is 2. The van der Waals surface area contributed by atoms with Crippen LogP contribution in [-0.4, -0.2) is 18.0 Å². The Kier molecular flexibility index (Phi) is 6.19. The molecule has 2 aromatic carbocycles. The van der Waals surface area contributed by atoms with Crippen molar-refractivity contribution in [3.63, 3.8) is 0 Å². The van der Waals surface area contributed by atoms with E-state index in [2.05, 4.69) is 15.8 Å². The third-order valence-electron chi connectivity index (χ3n) is 3.18. The van der Waals surface area contributed by atoms with E-state index in [9.17, 15) is 14.0 Å². The smallest absolute Gasteiger partial charge is 0.271 e. The molecular weight excluding hydrogens is 309 g/mol. The molecule has 0 spiro atoms. The fourth-order valence-corrected chi connectivity index (χ4v) is 1.96. The van der Waals surface area contributed by atoms with Gasteiger partial charge in [0.25, 0.3) is 5.91 Å². The first-order valence-corrected chi connectivity index (χ1v) is 7.58. The Bertz CT molecular complexity index is 742. The summed E-state index contributed by atoms with van der Waals surface area (Å²) in [5.74, 6) is -0.902. The van der Waals surface area contributed by atoms with Gasteiger partial charge in [0.2, 0.25) is 5.91 Å². The van der Waals surface area contributed by atoms with Crippen LogP contribution in [0.4, 0.5) is 10.1 Å². The summed E-state index contributed by atoms with van der Waals surface area (Å²) in [7, 11) is 0. The van der Waals surface area contributed by atoms with Crippen LogP contribution in [0.3, 0.4) is 0 Å². The molecule has 0 saturated carbocycles. The summed E-state index contributed by atoms with van der Waals surface area (Å²) < 4.78 is 13.4. The van der Waals surface area contributed by atoms with Crippen molar-refractivity contribution in [1.29, 1.82) is 0 Å². The summed E-state index contributed by atoms with van der Waals surface area (Å²) in [5.41, 5.74) is 3.62. The van der Waals surface area contributed by atoms with Gasteiger partial charge in [0.05, 0.1) is 6.21 Å². The molecule has 0 atom stereocenters. The second-order valence-corrected chi connectivity index (χ2v) is 5.10. The van der Waals surface area contributed by atoms with Crippen LogP contribution in [0.15, 0.2) is 53.6 Å². The molecule has 0 aliphatic carbocycles. The molecule has 0 saturated heterocycles. The topological polar surface area (TPSA) is 70.6 Å². The minimum atomic E-state index is -0.422. The largest absolute Gasteiger partial charge is 0.326 e. The van der Waals surface area contributed by atoms with Gasteiger partial charge >= 0.3 is 0 Å². The molecule has 2 rings (SSSR count). The standard InChI is InChI=1S/C18H18FN3O2/c1-2-5-17(23)21-15-10-8-13(9-11-15)18(24)22-20-12-14-6-3-4-7-16(14)19/h3-4,6-12H,2,5H2,1H3,(H,21,23)(H,22,24)/b20-12+. The molecule has 2 aromatic rings. The highest BCUT2D eigenvalue weighted by Crippen LogP contribution is 2.10. The number of halogens is 1. The number of hydrogen-bond acceptors (Lipinski definition) is 3. The normalized spacial score (nSPS) is 10.6. The van der Waals surface area contributed by atoms with Gasteiger partial charge in [-0.1, -0.05) is 25.1 Å². The van der Waals surface area contributed by atoms with Gasteiger partial charge in [0.1, 0.15) is 5.82 Å². The molecular formula is C18H18FN3O2. The van der Waals surface area contributed by atoms with Gasteiger partial charge in [0.15, 0.2) is 0 Å². The van der Waals surface area contributed by atoms with E-state index < -0.39 is 11.7 Å².